The number of anilines is 1. The highest BCUT2D eigenvalue weighted by molar-refractivity contribution is 6.03. The van der Waals surface area contributed by atoms with E-state index in [4.69, 9.17) is 15.6 Å². The van der Waals surface area contributed by atoms with Gasteiger partial charge in [0.25, 0.3) is 0 Å². The topological polar surface area (TPSA) is 112 Å². The van der Waals surface area contributed by atoms with Crippen LogP contribution in [-0.4, -0.2) is 33.2 Å². The summed E-state index contributed by atoms with van der Waals surface area (Å²) in [6, 6.07) is 20.8. The first-order valence-corrected chi connectivity index (χ1v) is 11.1. The monoisotopic (exact) mass is 467 g/mol. The van der Waals surface area contributed by atoms with Gasteiger partial charge in [-0.05, 0) is 35.9 Å². The highest BCUT2D eigenvalue weighted by atomic mass is 16.5. The van der Waals surface area contributed by atoms with Gasteiger partial charge < -0.3 is 15.8 Å². The first kappa shape index (κ1) is 23.4. The van der Waals surface area contributed by atoms with Crippen LogP contribution >= 0.6 is 0 Å². The van der Waals surface area contributed by atoms with Crippen molar-refractivity contribution in [3.63, 3.8) is 0 Å². The first-order valence-electron chi connectivity index (χ1n) is 11.1. The molecule has 35 heavy (non-hydrogen) atoms. The van der Waals surface area contributed by atoms with Crippen LogP contribution in [0.1, 0.15) is 17.5 Å². The summed E-state index contributed by atoms with van der Waals surface area (Å²) < 4.78 is 7.43. The number of primary amides is 1. The highest BCUT2D eigenvalue weighted by Crippen LogP contribution is 2.25. The molecule has 0 aliphatic rings. The third kappa shape index (κ3) is 6.64. The Morgan fingerprint density at radius 2 is 1.83 bits per heavy atom. The van der Waals surface area contributed by atoms with Gasteiger partial charge in [-0.25, -0.2) is 0 Å². The number of nitrogens with zero attached hydrogens (tertiary/aromatic N) is 3. The molecule has 0 saturated heterocycles. The Hall–Kier alpha value is -4.72. The quantitative estimate of drug-likeness (QED) is 0.344. The number of aromatic nitrogens is 3. The fourth-order valence-electron chi connectivity index (χ4n) is 3.43. The predicted octanol–water partition coefficient (Wildman–Crippen LogP) is 3.90. The van der Waals surface area contributed by atoms with Gasteiger partial charge in [0.2, 0.25) is 11.8 Å². The van der Waals surface area contributed by atoms with Crippen molar-refractivity contribution in [3.05, 3.63) is 103 Å². The molecule has 4 aromatic rings. The molecule has 0 spiro atoms. The third-order valence-corrected chi connectivity index (χ3v) is 5.08. The molecule has 8 heteroatoms. The number of rotatable bonds is 10. The maximum atomic E-state index is 12.7. The number of carbonyl (C=O) groups is 2. The normalized spacial score (nSPS) is 10.9. The molecule has 2 amide bonds. The Labute approximate surface area is 203 Å². The molecule has 4 rings (SSSR count). The van der Waals surface area contributed by atoms with Gasteiger partial charge in [0, 0.05) is 35.8 Å². The van der Waals surface area contributed by atoms with Gasteiger partial charge in [0.05, 0.1) is 25.3 Å². The second-order valence-corrected chi connectivity index (χ2v) is 7.74. The summed E-state index contributed by atoms with van der Waals surface area (Å²) in [6.45, 7) is 0.733. The van der Waals surface area contributed by atoms with Crippen LogP contribution in [-0.2, 0) is 16.1 Å². The van der Waals surface area contributed by atoms with Gasteiger partial charge in [-0.1, -0.05) is 42.5 Å². The number of hydrogen-bond donors (Lipinski definition) is 2. The summed E-state index contributed by atoms with van der Waals surface area (Å²) in [5.41, 5.74) is 9.15. The highest BCUT2D eigenvalue weighted by Gasteiger charge is 2.11. The van der Waals surface area contributed by atoms with Crippen LogP contribution < -0.4 is 15.8 Å². The standard InChI is InChI=1S/C27H25N5O3/c28-25(33)14-16-35-24-11-5-4-10-23(24)30-26(34)13-12-22-19-32(18-20-7-2-1-3-8-20)31-27(22)21-9-6-15-29-17-21/h1-13,15,17,19H,14,16,18H2,(H2,28,33)(H,30,34)/b13-12+. The lowest BCUT2D eigenvalue weighted by Crippen LogP contribution is -2.15. The minimum Gasteiger partial charge on any atom is -0.491 e. The van der Waals surface area contributed by atoms with Crippen LogP contribution in [0.2, 0.25) is 0 Å². The van der Waals surface area contributed by atoms with Gasteiger partial charge in [-0.3, -0.25) is 19.3 Å². The van der Waals surface area contributed by atoms with Gasteiger partial charge in [0.1, 0.15) is 11.4 Å². The molecule has 2 aromatic heterocycles. The number of benzene rings is 2. The first-order chi connectivity index (χ1) is 17.1. The lowest BCUT2D eigenvalue weighted by molar-refractivity contribution is -0.118. The minimum absolute atomic E-state index is 0.0896. The van der Waals surface area contributed by atoms with E-state index in [9.17, 15) is 9.59 Å². The van der Waals surface area contributed by atoms with E-state index < -0.39 is 5.91 Å². The minimum atomic E-state index is -0.452. The molecule has 0 atom stereocenters. The molecule has 2 heterocycles. The molecule has 0 saturated carbocycles. The molecule has 0 unspecified atom stereocenters. The van der Waals surface area contributed by atoms with Gasteiger partial charge in [-0.2, -0.15) is 5.10 Å². The number of nitrogens with one attached hydrogen (secondary N) is 1. The Morgan fingerprint density at radius 1 is 1.03 bits per heavy atom. The predicted molar refractivity (Wildman–Crippen MR) is 134 cm³/mol. The molecule has 0 radical (unpaired) electrons. The molecule has 176 valence electrons. The fraction of sp³-hybridized carbons (Fsp3) is 0.111. The zero-order chi connectivity index (χ0) is 24.5. The number of nitrogens with two attached hydrogens (primary N) is 1. The van der Waals surface area contributed by atoms with Gasteiger partial charge >= 0.3 is 0 Å². The molecule has 0 aliphatic heterocycles. The lowest BCUT2D eigenvalue weighted by atomic mass is 10.1. The SMILES string of the molecule is NC(=O)CCOc1ccccc1NC(=O)/C=C/c1cn(Cc2ccccc2)nc1-c1cccnc1. The Bertz CT molecular complexity index is 1320. The Kier molecular flexibility index (Phi) is 7.65. The fourth-order valence-corrected chi connectivity index (χ4v) is 3.43. The molecular formula is C27H25N5O3. The molecule has 0 bridgehead atoms. The van der Waals surface area contributed by atoms with Crippen LogP contribution in [0.3, 0.4) is 0 Å². The van der Waals surface area contributed by atoms with E-state index in [0.717, 1.165) is 22.4 Å². The van der Waals surface area contributed by atoms with Crippen molar-refractivity contribution >= 4 is 23.6 Å². The summed E-state index contributed by atoms with van der Waals surface area (Å²) in [4.78, 5) is 27.9. The van der Waals surface area contributed by atoms with E-state index in [1.54, 1.807) is 42.7 Å². The van der Waals surface area contributed by atoms with Crippen molar-refractivity contribution in [2.24, 2.45) is 5.73 Å². The Morgan fingerprint density at radius 3 is 2.60 bits per heavy atom. The Balaban J connectivity index is 1.52. The van der Waals surface area contributed by atoms with Gasteiger partial charge in [0.15, 0.2) is 0 Å². The lowest BCUT2D eigenvalue weighted by Gasteiger charge is -2.10. The summed E-state index contributed by atoms with van der Waals surface area (Å²) in [5.74, 6) is -0.321. The molecule has 8 nitrogen and oxygen atoms in total. The van der Waals surface area contributed by atoms with Crippen molar-refractivity contribution < 1.29 is 14.3 Å². The average Bonchev–Trinajstić information content (AvgIpc) is 3.27. The van der Waals surface area contributed by atoms with E-state index in [1.807, 2.05) is 53.3 Å². The number of carbonyl (C=O) groups excluding carboxylic acids is 2. The van der Waals surface area contributed by atoms with Crippen molar-refractivity contribution in [1.82, 2.24) is 14.8 Å². The second kappa shape index (κ2) is 11.4. The third-order valence-electron chi connectivity index (χ3n) is 5.08. The largest absolute Gasteiger partial charge is 0.491 e. The van der Waals surface area contributed by atoms with Crippen LogP contribution in [0, 0.1) is 0 Å². The van der Waals surface area contributed by atoms with E-state index >= 15 is 0 Å². The van der Waals surface area contributed by atoms with Crippen molar-refractivity contribution in [1.29, 1.82) is 0 Å². The summed E-state index contributed by atoms with van der Waals surface area (Å²) in [7, 11) is 0. The van der Waals surface area contributed by atoms with Crippen LogP contribution in [0.4, 0.5) is 5.69 Å². The van der Waals surface area contributed by atoms with Crippen LogP contribution in [0.5, 0.6) is 5.75 Å². The average molecular weight is 468 g/mol. The summed E-state index contributed by atoms with van der Waals surface area (Å²) in [6.07, 6.45) is 8.61. The number of amides is 2. The van der Waals surface area contributed by atoms with Crippen molar-refractivity contribution in [2.75, 3.05) is 11.9 Å². The zero-order valence-electron chi connectivity index (χ0n) is 19.0. The maximum absolute atomic E-state index is 12.7. The zero-order valence-corrected chi connectivity index (χ0v) is 19.0. The summed E-state index contributed by atoms with van der Waals surface area (Å²) >= 11 is 0. The molecule has 0 fully saturated rings. The van der Waals surface area contributed by atoms with Crippen molar-refractivity contribution in [2.45, 2.75) is 13.0 Å². The smallest absolute Gasteiger partial charge is 0.248 e. The molecule has 3 N–H and O–H groups in total. The van der Waals surface area contributed by atoms with E-state index in [2.05, 4.69) is 10.3 Å². The number of ether oxygens (including phenoxy) is 1. The molecule has 0 aliphatic carbocycles. The van der Waals surface area contributed by atoms with E-state index in [0.29, 0.717) is 18.0 Å². The number of pyridine rings is 1. The van der Waals surface area contributed by atoms with E-state index in [-0.39, 0.29) is 18.9 Å². The summed E-state index contributed by atoms with van der Waals surface area (Å²) in [5, 5.41) is 7.55. The maximum Gasteiger partial charge on any atom is 0.248 e. The molecule has 2 aromatic carbocycles. The molecular weight excluding hydrogens is 442 g/mol. The van der Waals surface area contributed by atoms with E-state index in [1.165, 1.54) is 6.08 Å². The second-order valence-electron chi connectivity index (χ2n) is 7.74. The van der Waals surface area contributed by atoms with Crippen molar-refractivity contribution in [3.8, 4) is 17.0 Å². The number of para-hydroxylation sites is 2. The van der Waals surface area contributed by atoms with Crippen LogP contribution in [0.25, 0.3) is 17.3 Å². The van der Waals surface area contributed by atoms with Crippen LogP contribution in [0.15, 0.2) is 91.4 Å². The number of hydrogen-bond acceptors (Lipinski definition) is 5. The van der Waals surface area contributed by atoms with Gasteiger partial charge in [-0.15, -0.1) is 0 Å².